The van der Waals surface area contributed by atoms with Crippen LogP contribution in [0.4, 0.5) is 5.95 Å². The van der Waals surface area contributed by atoms with Crippen LogP contribution >= 0.6 is 0 Å². The predicted octanol–water partition coefficient (Wildman–Crippen LogP) is 4.60. The van der Waals surface area contributed by atoms with Crippen LogP contribution in [0.2, 0.25) is 0 Å². The summed E-state index contributed by atoms with van der Waals surface area (Å²) in [6.45, 7) is 8.48. The molecule has 0 spiro atoms. The normalized spacial score (nSPS) is 17.4. The number of fused-ring (bicyclic) bond motifs is 4. The van der Waals surface area contributed by atoms with Crippen molar-refractivity contribution in [2.75, 3.05) is 11.3 Å². The van der Waals surface area contributed by atoms with Gasteiger partial charge in [-0.2, -0.15) is 4.98 Å². The van der Waals surface area contributed by atoms with Crippen LogP contribution in [-0.4, -0.2) is 36.9 Å². The maximum absolute atomic E-state index is 13.1. The fraction of sp³-hybridized carbons (Fsp3) is 0.346. The molecule has 0 aliphatic carbocycles. The Morgan fingerprint density at radius 2 is 1.80 bits per heavy atom. The molecule has 1 aliphatic heterocycles. The summed E-state index contributed by atoms with van der Waals surface area (Å²) in [5.74, 6) is 0.302. The van der Waals surface area contributed by atoms with E-state index in [-0.39, 0.29) is 46.8 Å². The Morgan fingerprint density at radius 1 is 1.03 bits per heavy atom. The number of nitrogens with one attached hydrogen (secondary N) is 2. The molecule has 0 fully saturated rings. The number of aromatic nitrogens is 2. The number of carbonyl (C=O) groups excluding carboxylic acids is 1. The number of sulfonamides is 1. The summed E-state index contributed by atoms with van der Waals surface area (Å²) in [6.07, 6.45) is 0.683. The van der Waals surface area contributed by atoms with E-state index in [0.717, 1.165) is 11.1 Å². The van der Waals surface area contributed by atoms with Gasteiger partial charge in [0.15, 0.2) is 0 Å². The highest BCUT2D eigenvalue weighted by Gasteiger charge is 2.23. The largest absolute Gasteiger partial charge is 0.475 e. The van der Waals surface area contributed by atoms with Gasteiger partial charge in [-0.3, -0.25) is 4.79 Å². The van der Waals surface area contributed by atoms with Crippen LogP contribution in [0.5, 0.6) is 5.88 Å². The second kappa shape index (κ2) is 10.0. The molecule has 9 heteroatoms. The molecule has 1 amide bonds. The minimum absolute atomic E-state index is 0.0520. The Morgan fingerprint density at radius 3 is 2.54 bits per heavy atom. The maximum atomic E-state index is 13.1. The van der Waals surface area contributed by atoms with Gasteiger partial charge in [0, 0.05) is 17.2 Å². The molecule has 0 saturated heterocycles. The Labute approximate surface area is 206 Å². The molecule has 1 atom stereocenters. The van der Waals surface area contributed by atoms with Gasteiger partial charge >= 0.3 is 0 Å². The van der Waals surface area contributed by atoms with Crippen molar-refractivity contribution in [1.82, 2.24) is 15.3 Å². The zero-order valence-corrected chi connectivity index (χ0v) is 21.1. The van der Waals surface area contributed by atoms with Gasteiger partial charge < -0.3 is 10.1 Å². The first-order valence-corrected chi connectivity index (χ1v) is 13.2. The number of anilines is 1. The lowest BCUT2D eigenvalue weighted by molar-refractivity contribution is 0.0913. The van der Waals surface area contributed by atoms with E-state index >= 15 is 0 Å². The highest BCUT2D eigenvalue weighted by molar-refractivity contribution is 7.92. The number of hydrogen-bond acceptors (Lipinski definition) is 6. The second-order valence-electron chi connectivity index (χ2n) is 9.40. The lowest BCUT2D eigenvalue weighted by atomic mass is 9.95. The molecule has 2 heterocycles. The number of rotatable bonds is 4. The Balaban J connectivity index is 1.85. The van der Waals surface area contributed by atoms with E-state index in [1.807, 2.05) is 24.3 Å². The van der Waals surface area contributed by atoms with Crippen LogP contribution in [0.3, 0.4) is 0 Å². The summed E-state index contributed by atoms with van der Waals surface area (Å²) in [7, 11) is -4.05. The topological polar surface area (TPSA) is 110 Å². The van der Waals surface area contributed by atoms with E-state index in [0.29, 0.717) is 18.0 Å². The third kappa shape index (κ3) is 5.79. The van der Waals surface area contributed by atoms with Crippen molar-refractivity contribution in [3.8, 4) is 17.1 Å². The Kier molecular flexibility index (Phi) is 7.07. The first-order chi connectivity index (χ1) is 16.6. The first kappa shape index (κ1) is 24.7. The molecule has 1 aliphatic rings. The Hall–Kier alpha value is -3.46. The molecule has 35 heavy (non-hydrogen) atoms. The highest BCUT2D eigenvalue weighted by Crippen LogP contribution is 2.31. The summed E-state index contributed by atoms with van der Waals surface area (Å²) < 4.78 is 34.8. The van der Waals surface area contributed by atoms with Crippen molar-refractivity contribution >= 4 is 21.9 Å². The van der Waals surface area contributed by atoms with Gasteiger partial charge in [0.1, 0.15) is 6.61 Å². The number of amides is 1. The molecule has 3 aromatic rings. The molecule has 0 unspecified atom stereocenters. The molecule has 184 valence electrons. The van der Waals surface area contributed by atoms with Gasteiger partial charge in [-0.05, 0) is 42.0 Å². The van der Waals surface area contributed by atoms with Crippen molar-refractivity contribution in [3.05, 3.63) is 65.7 Å². The summed E-state index contributed by atoms with van der Waals surface area (Å²) in [6, 6.07) is 15.2. The number of ether oxygens (including phenoxy) is 1. The SMILES string of the molecule is CC(C)C[C@@H]1COc2cc(-c3ccccc3C(C)C)nc(n2)NS(=O)(=O)c2cccc(c2)C(=O)N1. The van der Waals surface area contributed by atoms with Crippen molar-refractivity contribution in [3.63, 3.8) is 0 Å². The summed E-state index contributed by atoms with van der Waals surface area (Å²) in [5.41, 5.74) is 2.74. The minimum Gasteiger partial charge on any atom is -0.475 e. The number of nitrogens with zero attached hydrogens (tertiary/aromatic N) is 2. The van der Waals surface area contributed by atoms with Crippen LogP contribution in [-0.2, 0) is 10.0 Å². The summed E-state index contributed by atoms with van der Waals surface area (Å²) in [5, 5.41) is 2.98. The van der Waals surface area contributed by atoms with E-state index < -0.39 is 10.0 Å². The van der Waals surface area contributed by atoms with Crippen LogP contribution < -0.4 is 14.8 Å². The minimum atomic E-state index is -4.05. The highest BCUT2D eigenvalue weighted by atomic mass is 32.2. The molecule has 4 rings (SSSR count). The predicted molar refractivity (Wildman–Crippen MR) is 135 cm³/mol. The smallest absolute Gasteiger partial charge is 0.264 e. The number of carbonyl (C=O) groups is 1. The number of hydrogen-bond donors (Lipinski definition) is 2. The molecule has 2 aromatic carbocycles. The second-order valence-corrected chi connectivity index (χ2v) is 11.1. The van der Waals surface area contributed by atoms with E-state index in [9.17, 15) is 13.2 Å². The van der Waals surface area contributed by atoms with Gasteiger partial charge in [-0.15, -0.1) is 0 Å². The third-order valence-electron chi connectivity index (χ3n) is 5.72. The van der Waals surface area contributed by atoms with Gasteiger partial charge in [-0.25, -0.2) is 18.1 Å². The van der Waals surface area contributed by atoms with Gasteiger partial charge in [0.05, 0.1) is 16.6 Å². The third-order valence-corrected chi connectivity index (χ3v) is 7.04. The summed E-state index contributed by atoms with van der Waals surface area (Å²) in [4.78, 5) is 21.7. The quantitative estimate of drug-likeness (QED) is 0.548. The lowest BCUT2D eigenvalue weighted by Crippen LogP contribution is -2.40. The number of benzene rings is 2. The van der Waals surface area contributed by atoms with E-state index in [2.05, 4.69) is 47.7 Å². The van der Waals surface area contributed by atoms with Gasteiger partial charge in [0.2, 0.25) is 11.8 Å². The molecule has 0 radical (unpaired) electrons. The van der Waals surface area contributed by atoms with Crippen molar-refractivity contribution in [1.29, 1.82) is 0 Å². The molecule has 1 aromatic heterocycles. The fourth-order valence-corrected chi connectivity index (χ4v) is 5.08. The fourth-order valence-electron chi connectivity index (χ4n) is 4.09. The zero-order valence-electron chi connectivity index (χ0n) is 20.3. The van der Waals surface area contributed by atoms with Gasteiger partial charge in [0.25, 0.3) is 15.9 Å². The Bertz CT molecular complexity index is 1340. The van der Waals surface area contributed by atoms with Crippen LogP contribution in [0.1, 0.15) is 56.0 Å². The maximum Gasteiger partial charge on any atom is 0.264 e. The molecule has 2 N–H and O–H groups in total. The van der Waals surface area contributed by atoms with Crippen LogP contribution in [0, 0.1) is 5.92 Å². The molecule has 4 bridgehead atoms. The molecule has 0 saturated carbocycles. The lowest BCUT2D eigenvalue weighted by Gasteiger charge is -2.21. The molecular weight excluding hydrogens is 464 g/mol. The first-order valence-electron chi connectivity index (χ1n) is 11.7. The molecular formula is C26H30N4O4S. The van der Waals surface area contributed by atoms with E-state index in [4.69, 9.17) is 4.74 Å². The average molecular weight is 495 g/mol. The zero-order chi connectivity index (χ0) is 25.2. The van der Waals surface area contributed by atoms with Gasteiger partial charge in [-0.1, -0.05) is 58.0 Å². The monoisotopic (exact) mass is 494 g/mol. The van der Waals surface area contributed by atoms with Crippen molar-refractivity contribution < 1.29 is 17.9 Å². The van der Waals surface area contributed by atoms with Crippen molar-refractivity contribution in [2.45, 2.75) is 51.0 Å². The van der Waals surface area contributed by atoms with E-state index in [1.165, 1.54) is 12.1 Å². The molecule has 8 nitrogen and oxygen atoms in total. The van der Waals surface area contributed by atoms with Crippen molar-refractivity contribution in [2.24, 2.45) is 5.92 Å². The summed E-state index contributed by atoms with van der Waals surface area (Å²) >= 11 is 0. The van der Waals surface area contributed by atoms with Crippen LogP contribution in [0.25, 0.3) is 11.3 Å². The standard InChI is InChI=1S/C26H30N4O4S/c1-16(2)12-19-15-34-24-14-23(22-11-6-5-10-21(22)17(3)4)28-26(29-24)30-35(32,33)20-9-7-8-18(13-20)25(31)27-19/h5-11,13-14,16-17,19H,12,15H2,1-4H3,(H,27,31)(H,28,29,30)/t19-/m1/s1. The van der Waals surface area contributed by atoms with E-state index in [1.54, 1.807) is 18.2 Å². The average Bonchev–Trinajstić information content (AvgIpc) is 2.81. The van der Waals surface area contributed by atoms with Crippen LogP contribution in [0.15, 0.2) is 59.5 Å².